The predicted octanol–water partition coefficient (Wildman–Crippen LogP) is 5.31. The molecule has 1 unspecified atom stereocenters. The number of likely N-dealkylation sites (tertiary alicyclic amines) is 1. The summed E-state index contributed by atoms with van der Waals surface area (Å²) in [5.41, 5.74) is 3.25. The topological polar surface area (TPSA) is 74.6 Å². The lowest BCUT2D eigenvalue weighted by Crippen LogP contribution is -2.44. The Hall–Kier alpha value is -3.35. The van der Waals surface area contributed by atoms with Crippen LogP contribution in [0.3, 0.4) is 0 Å². The van der Waals surface area contributed by atoms with Gasteiger partial charge in [0, 0.05) is 29.3 Å². The number of para-hydroxylation sites is 1. The van der Waals surface area contributed by atoms with Gasteiger partial charge in [-0.05, 0) is 62.8 Å². The van der Waals surface area contributed by atoms with Crippen molar-refractivity contribution in [2.45, 2.75) is 25.3 Å². The summed E-state index contributed by atoms with van der Waals surface area (Å²) in [6.45, 7) is 1.72. The van der Waals surface area contributed by atoms with Crippen LogP contribution in [0.25, 0.3) is 23.0 Å². The smallest absolute Gasteiger partial charge is 0.256 e. The third-order valence-corrected chi connectivity index (χ3v) is 6.84. The molecule has 6 nitrogen and oxygen atoms in total. The van der Waals surface area contributed by atoms with Gasteiger partial charge in [0.2, 0.25) is 0 Å². The fraction of sp³-hybridized carbons (Fsp3) is 0.259. The molecule has 2 amide bonds. The largest absolute Gasteiger partial charge is 0.457 e. The van der Waals surface area contributed by atoms with Gasteiger partial charge in [-0.3, -0.25) is 9.59 Å². The van der Waals surface area contributed by atoms with Crippen molar-refractivity contribution in [3.8, 4) is 11.3 Å². The zero-order chi connectivity index (χ0) is 23.7. The number of hydrogen-bond donors (Lipinski definition) is 2. The van der Waals surface area contributed by atoms with E-state index < -0.39 is 0 Å². The monoisotopic (exact) mass is 475 g/mol. The first kappa shape index (κ1) is 22.4. The number of benzene rings is 2. The van der Waals surface area contributed by atoms with Crippen LogP contribution in [0.1, 0.15) is 40.9 Å². The average Bonchev–Trinajstić information content (AvgIpc) is 3.44. The van der Waals surface area contributed by atoms with Crippen LogP contribution in [0.15, 0.2) is 59.0 Å². The molecule has 2 aliphatic rings. The van der Waals surface area contributed by atoms with Gasteiger partial charge in [-0.15, -0.1) is 0 Å². The van der Waals surface area contributed by atoms with E-state index in [4.69, 9.17) is 16.0 Å². The molecule has 2 N–H and O–H groups in total. The zero-order valence-corrected chi connectivity index (χ0v) is 19.7. The van der Waals surface area contributed by atoms with E-state index in [0.717, 1.165) is 24.1 Å². The molecule has 0 radical (unpaired) electrons. The quantitative estimate of drug-likeness (QED) is 0.490. The highest BCUT2D eigenvalue weighted by molar-refractivity contribution is 6.41. The Balaban J connectivity index is 1.32. The number of fused-ring (bicyclic) bond motifs is 1. The van der Waals surface area contributed by atoms with Crippen LogP contribution >= 0.6 is 11.6 Å². The number of carbonyl (C=O) groups is 2. The Morgan fingerprint density at radius 2 is 2.06 bits per heavy atom. The summed E-state index contributed by atoms with van der Waals surface area (Å²) in [6, 6.07) is 16.8. The highest BCUT2D eigenvalue weighted by Crippen LogP contribution is 2.38. The van der Waals surface area contributed by atoms with Crippen LogP contribution in [0, 0.1) is 0 Å². The molecule has 1 atom stereocenters. The zero-order valence-electron chi connectivity index (χ0n) is 18.9. The van der Waals surface area contributed by atoms with E-state index in [1.807, 2.05) is 42.5 Å². The number of amides is 2. The van der Waals surface area contributed by atoms with Gasteiger partial charge >= 0.3 is 0 Å². The van der Waals surface area contributed by atoms with Crippen molar-refractivity contribution in [3.63, 3.8) is 0 Å². The second kappa shape index (κ2) is 9.49. The fourth-order valence-electron chi connectivity index (χ4n) is 4.58. The molecule has 34 heavy (non-hydrogen) atoms. The Kier molecular flexibility index (Phi) is 6.26. The number of nitrogens with one attached hydrogen (secondary N) is 2. The van der Waals surface area contributed by atoms with Gasteiger partial charge in [-0.25, -0.2) is 0 Å². The molecule has 0 spiro atoms. The van der Waals surface area contributed by atoms with Crippen LogP contribution in [-0.4, -0.2) is 42.9 Å². The lowest BCUT2D eigenvalue weighted by molar-refractivity contribution is -0.110. The standard InChI is InChI=1S/C27H26ClN3O3/c1-31-13-3-2-8-19(31)16-29-26(32)18-7-4-6-17(14-18)24-12-11-20(34-24)15-22-21-9-5-10-23(28)25(21)30-27(22)33/h4-7,9-12,14-15,19H,2-3,8,13,16H2,1H3,(H,29,32)(H,30,33)/b22-15+. The molecule has 1 aromatic heterocycles. The molecule has 3 heterocycles. The first-order valence-electron chi connectivity index (χ1n) is 11.5. The maximum atomic E-state index is 12.8. The van der Waals surface area contributed by atoms with E-state index in [-0.39, 0.29) is 11.8 Å². The predicted molar refractivity (Wildman–Crippen MR) is 135 cm³/mol. The van der Waals surface area contributed by atoms with Crippen LogP contribution in [-0.2, 0) is 4.79 Å². The minimum Gasteiger partial charge on any atom is -0.457 e. The van der Waals surface area contributed by atoms with Crippen LogP contribution in [0.2, 0.25) is 5.02 Å². The van der Waals surface area contributed by atoms with Gasteiger partial charge in [0.1, 0.15) is 11.5 Å². The molecule has 3 aromatic rings. The first-order chi connectivity index (χ1) is 16.5. The normalized spacial score (nSPS) is 19.2. The fourth-order valence-corrected chi connectivity index (χ4v) is 4.80. The van der Waals surface area contributed by atoms with Crippen LogP contribution in [0.5, 0.6) is 0 Å². The number of carbonyl (C=O) groups excluding carboxylic acids is 2. The summed E-state index contributed by atoms with van der Waals surface area (Å²) in [5.74, 6) is 0.857. The SMILES string of the molecule is CN1CCCCC1CNC(=O)c1cccc(-c2ccc(/C=C3/C(=O)Nc4c(Cl)cccc43)o2)c1. The minimum absolute atomic E-state index is 0.0918. The minimum atomic E-state index is -0.219. The lowest BCUT2D eigenvalue weighted by Gasteiger charge is -2.32. The van der Waals surface area contributed by atoms with Crippen molar-refractivity contribution in [1.29, 1.82) is 0 Å². The summed E-state index contributed by atoms with van der Waals surface area (Å²) >= 11 is 6.20. The van der Waals surface area contributed by atoms with Crippen LogP contribution < -0.4 is 10.6 Å². The number of rotatable bonds is 5. The summed E-state index contributed by atoms with van der Waals surface area (Å²) in [6.07, 6.45) is 5.24. The van der Waals surface area contributed by atoms with E-state index in [9.17, 15) is 9.59 Å². The molecule has 5 rings (SSSR count). The highest BCUT2D eigenvalue weighted by atomic mass is 35.5. The summed E-state index contributed by atoms with van der Waals surface area (Å²) in [5, 5.41) is 6.38. The number of furan rings is 1. The molecule has 0 bridgehead atoms. The van der Waals surface area contributed by atoms with Crippen LogP contribution in [0.4, 0.5) is 5.69 Å². The van der Waals surface area contributed by atoms with Gasteiger partial charge in [-0.1, -0.05) is 42.3 Å². The molecular formula is C27H26ClN3O3. The molecule has 1 fully saturated rings. The van der Waals surface area contributed by atoms with Gasteiger partial charge < -0.3 is 20.0 Å². The van der Waals surface area contributed by atoms with E-state index in [1.54, 1.807) is 18.2 Å². The molecule has 2 aromatic carbocycles. The molecular weight excluding hydrogens is 450 g/mol. The third kappa shape index (κ3) is 4.52. The van der Waals surface area contributed by atoms with E-state index in [1.165, 1.54) is 12.8 Å². The highest BCUT2D eigenvalue weighted by Gasteiger charge is 2.26. The Labute approximate surface area is 203 Å². The Morgan fingerprint density at radius 3 is 2.91 bits per heavy atom. The second-order valence-corrected chi connectivity index (χ2v) is 9.20. The van der Waals surface area contributed by atoms with Gasteiger partial charge in [-0.2, -0.15) is 0 Å². The van der Waals surface area contributed by atoms with E-state index in [2.05, 4.69) is 22.6 Å². The third-order valence-electron chi connectivity index (χ3n) is 6.53. The van der Waals surface area contributed by atoms with Gasteiger partial charge in [0.25, 0.3) is 11.8 Å². The molecule has 174 valence electrons. The Morgan fingerprint density at radius 1 is 1.21 bits per heavy atom. The van der Waals surface area contributed by atoms with E-state index >= 15 is 0 Å². The van der Waals surface area contributed by atoms with Gasteiger partial charge in [0.15, 0.2) is 0 Å². The van der Waals surface area contributed by atoms with Crippen molar-refractivity contribution in [2.75, 3.05) is 25.5 Å². The van der Waals surface area contributed by atoms with Gasteiger partial charge in [0.05, 0.1) is 16.3 Å². The van der Waals surface area contributed by atoms with E-state index in [0.29, 0.717) is 46.0 Å². The number of piperidine rings is 1. The van der Waals surface area contributed by atoms with Crippen molar-refractivity contribution in [1.82, 2.24) is 10.2 Å². The summed E-state index contributed by atoms with van der Waals surface area (Å²) in [7, 11) is 2.11. The maximum Gasteiger partial charge on any atom is 0.256 e. The molecule has 0 aliphatic carbocycles. The Bertz CT molecular complexity index is 1280. The van der Waals surface area contributed by atoms with Crippen molar-refractivity contribution < 1.29 is 14.0 Å². The number of halogens is 1. The second-order valence-electron chi connectivity index (χ2n) is 8.80. The lowest BCUT2D eigenvalue weighted by atomic mass is 10.0. The number of likely N-dealkylation sites (N-methyl/N-ethyl adjacent to an activating group) is 1. The number of anilines is 1. The molecule has 2 aliphatic heterocycles. The summed E-state index contributed by atoms with van der Waals surface area (Å²) < 4.78 is 6.00. The molecule has 7 heteroatoms. The molecule has 0 saturated carbocycles. The number of hydrogen-bond acceptors (Lipinski definition) is 4. The van der Waals surface area contributed by atoms with Crippen molar-refractivity contribution in [2.24, 2.45) is 0 Å². The maximum absolute atomic E-state index is 12.8. The molecule has 1 saturated heterocycles. The first-order valence-corrected chi connectivity index (χ1v) is 11.9. The van der Waals surface area contributed by atoms with Crippen molar-refractivity contribution in [3.05, 3.63) is 76.5 Å². The number of nitrogens with zero attached hydrogens (tertiary/aromatic N) is 1. The average molecular weight is 476 g/mol. The van der Waals surface area contributed by atoms with Crippen molar-refractivity contribution >= 4 is 40.8 Å². The summed E-state index contributed by atoms with van der Waals surface area (Å²) in [4.78, 5) is 27.5.